The predicted molar refractivity (Wildman–Crippen MR) is 72.7 cm³/mol. The van der Waals surface area contributed by atoms with Crippen LogP contribution in [0.3, 0.4) is 0 Å². The molecule has 0 radical (unpaired) electrons. The van der Waals surface area contributed by atoms with E-state index < -0.39 is 0 Å². The van der Waals surface area contributed by atoms with E-state index in [9.17, 15) is 4.79 Å². The number of anilines is 1. The van der Waals surface area contributed by atoms with Crippen molar-refractivity contribution in [1.82, 2.24) is 10.3 Å². The molecule has 98 valence electrons. The highest BCUT2D eigenvalue weighted by Crippen LogP contribution is 2.36. The van der Waals surface area contributed by atoms with Crippen LogP contribution < -0.4 is 10.6 Å². The van der Waals surface area contributed by atoms with Crippen LogP contribution in [0.1, 0.15) is 43.6 Å². The molecule has 0 bridgehead atoms. The van der Waals surface area contributed by atoms with Crippen LogP contribution in [0.15, 0.2) is 18.2 Å². The van der Waals surface area contributed by atoms with Gasteiger partial charge in [0.15, 0.2) is 0 Å². The van der Waals surface area contributed by atoms with E-state index >= 15 is 0 Å². The number of pyridine rings is 1. The van der Waals surface area contributed by atoms with E-state index in [1.165, 1.54) is 6.42 Å². The van der Waals surface area contributed by atoms with Crippen molar-refractivity contribution in [2.75, 3.05) is 12.4 Å². The monoisotopic (exact) mass is 247 g/mol. The van der Waals surface area contributed by atoms with Crippen molar-refractivity contribution in [2.24, 2.45) is 5.41 Å². The van der Waals surface area contributed by atoms with Crippen LogP contribution in [0, 0.1) is 5.41 Å². The van der Waals surface area contributed by atoms with Crippen molar-refractivity contribution in [2.45, 2.75) is 39.2 Å². The van der Waals surface area contributed by atoms with Gasteiger partial charge in [0.1, 0.15) is 11.5 Å². The summed E-state index contributed by atoms with van der Waals surface area (Å²) in [5.41, 5.74) is 0.824. The quantitative estimate of drug-likeness (QED) is 0.862. The molecule has 1 unspecified atom stereocenters. The van der Waals surface area contributed by atoms with Gasteiger partial charge in [0.25, 0.3) is 5.91 Å². The molecule has 4 nitrogen and oxygen atoms in total. The van der Waals surface area contributed by atoms with Crippen molar-refractivity contribution in [1.29, 1.82) is 0 Å². The fraction of sp³-hybridized carbons (Fsp3) is 0.571. The molecule has 1 aromatic rings. The molecular formula is C14H21N3O. The fourth-order valence-electron chi connectivity index (χ4n) is 2.52. The molecule has 1 atom stereocenters. The van der Waals surface area contributed by atoms with E-state index in [-0.39, 0.29) is 11.9 Å². The van der Waals surface area contributed by atoms with Crippen LogP contribution in [-0.2, 0) is 0 Å². The molecule has 1 heterocycles. The third kappa shape index (κ3) is 3.00. The molecule has 1 aromatic heterocycles. The first-order valence-corrected chi connectivity index (χ1v) is 6.46. The first-order chi connectivity index (χ1) is 8.50. The standard InChI is InChI=1S/C14H21N3O/c1-14(2)8-7-10(9-14)16-13(18)11-5-4-6-12(15-3)17-11/h4-6,10H,7-9H2,1-3H3,(H,15,17)(H,16,18). The van der Waals surface area contributed by atoms with Gasteiger partial charge >= 0.3 is 0 Å². The minimum absolute atomic E-state index is 0.0743. The van der Waals surface area contributed by atoms with Crippen molar-refractivity contribution in [3.8, 4) is 0 Å². The Bertz CT molecular complexity index is 442. The molecule has 0 aromatic carbocycles. The zero-order valence-corrected chi connectivity index (χ0v) is 11.3. The summed E-state index contributed by atoms with van der Waals surface area (Å²) in [6.07, 6.45) is 3.27. The first-order valence-electron chi connectivity index (χ1n) is 6.46. The minimum Gasteiger partial charge on any atom is -0.373 e. The zero-order chi connectivity index (χ0) is 13.2. The van der Waals surface area contributed by atoms with Gasteiger partial charge < -0.3 is 10.6 Å². The second-order valence-corrected chi connectivity index (χ2v) is 5.74. The zero-order valence-electron chi connectivity index (χ0n) is 11.3. The highest BCUT2D eigenvalue weighted by atomic mass is 16.1. The summed E-state index contributed by atoms with van der Waals surface area (Å²) in [5.74, 6) is 0.643. The van der Waals surface area contributed by atoms with Gasteiger partial charge in [-0.05, 0) is 36.8 Å². The van der Waals surface area contributed by atoms with Crippen LogP contribution in [0.5, 0.6) is 0 Å². The summed E-state index contributed by atoms with van der Waals surface area (Å²) < 4.78 is 0. The molecule has 0 saturated heterocycles. The molecule has 0 spiro atoms. The highest BCUT2D eigenvalue weighted by Gasteiger charge is 2.31. The molecule has 1 saturated carbocycles. The maximum atomic E-state index is 12.1. The smallest absolute Gasteiger partial charge is 0.270 e. The highest BCUT2D eigenvalue weighted by molar-refractivity contribution is 5.92. The molecule has 1 aliphatic rings. The lowest BCUT2D eigenvalue weighted by Crippen LogP contribution is -2.34. The van der Waals surface area contributed by atoms with Crippen molar-refractivity contribution >= 4 is 11.7 Å². The molecule has 1 aliphatic carbocycles. The van der Waals surface area contributed by atoms with Gasteiger partial charge in [0, 0.05) is 13.1 Å². The fourth-order valence-corrected chi connectivity index (χ4v) is 2.52. The molecule has 1 fully saturated rings. The van der Waals surface area contributed by atoms with Gasteiger partial charge in [-0.3, -0.25) is 4.79 Å². The number of nitrogens with zero attached hydrogens (tertiary/aromatic N) is 1. The van der Waals surface area contributed by atoms with E-state index in [1.807, 2.05) is 12.1 Å². The average molecular weight is 247 g/mol. The maximum Gasteiger partial charge on any atom is 0.270 e. The summed E-state index contributed by atoms with van der Waals surface area (Å²) in [6.45, 7) is 4.50. The SMILES string of the molecule is CNc1cccc(C(=O)NC2CCC(C)(C)C2)n1. The topological polar surface area (TPSA) is 54.0 Å². The van der Waals surface area contributed by atoms with Crippen LogP contribution in [-0.4, -0.2) is 24.0 Å². The number of carbonyl (C=O) groups is 1. The molecule has 2 rings (SSSR count). The number of amides is 1. The molecule has 2 N–H and O–H groups in total. The third-order valence-corrected chi connectivity index (χ3v) is 3.54. The number of hydrogen-bond donors (Lipinski definition) is 2. The Morgan fingerprint density at radius 2 is 2.22 bits per heavy atom. The van der Waals surface area contributed by atoms with Crippen LogP contribution >= 0.6 is 0 Å². The van der Waals surface area contributed by atoms with E-state index in [4.69, 9.17) is 0 Å². The Morgan fingerprint density at radius 1 is 1.44 bits per heavy atom. The third-order valence-electron chi connectivity index (χ3n) is 3.54. The Labute approximate surface area is 108 Å². The van der Waals surface area contributed by atoms with Crippen molar-refractivity contribution in [3.05, 3.63) is 23.9 Å². The minimum atomic E-state index is -0.0743. The maximum absolute atomic E-state index is 12.1. The molecule has 18 heavy (non-hydrogen) atoms. The Morgan fingerprint density at radius 3 is 2.83 bits per heavy atom. The summed E-state index contributed by atoms with van der Waals surface area (Å²) in [7, 11) is 1.80. The molecule has 0 aliphatic heterocycles. The molecular weight excluding hydrogens is 226 g/mol. The van der Waals surface area contributed by atoms with Gasteiger partial charge in [-0.1, -0.05) is 19.9 Å². The largest absolute Gasteiger partial charge is 0.373 e. The predicted octanol–water partition coefficient (Wildman–Crippen LogP) is 2.43. The number of hydrogen-bond acceptors (Lipinski definition) is 3. The lowest BCUT2D eigenvalue weighted by Gasteiger charge is -2.17. The van der Waals surface area contributed by atoms with Crippen molar-refractivity contribution < 1.29 is 4.79 Å². The summed E-state index contributed by atoms with van der Waals surface area (Å²) in [4.78, 5) is 16.3. The van der Waals surface area contributed by atoms with Gasteiger partial charge in [-0.2, -0.15) is 0 Å². The van der Waals surface area contributed by atoms with Crippen LogP contribution in [0.4, 0.5) is 5.82 Å². The number of nitrogens with one attached hydrogen (secondary N) is 2. The Kier molecular flexibility index (Phi) is 3.55. The van der Waals surface area contributed by atoms with Gasteiger partial charge in [0.05, 0.1) is 0 Å². The summed E-state index contributed by atoms with van der Waals surface area (Å²) in [5, 5.41) is 6.01. The normalized spacial score (nSPS) is 21.6. The molecule has 1 amide bonds. The number of rotatable bonds is 3. The van der Waals surface area contributed by atoms with E-state index in [0.29, 0.717) is 11.1 Å². The number of carbonyl (C=O) groups excluding carboxylic acids is 1. The van der Waals surface area contributed by atoms with Gasteiger partial charge in [-0.15, -0.1) is 0 Å². The first kappa shape index (κ1) is 12.9. The Balaban J connectivity index is 1.99. The lowest BCUT2D eigenvalue weighted by atomic mass is 9.92. The second kappa shape index (κ2) is 4.96. The van der Waals surface area contributed by atoms with Gasteiger partial charge in [0.2, 0.25) is 0 Å². The number of aromatic nitrogens is 1. The van der Waals surface area contributed by atoms with E-state index in [1.54, 1.807) is 13.1 Å². The van der Waals surface area contributed by atoms with Gasteiger partial charge in [-0.25, -0.2) is 4.98 Å². The average Bonchev–Trinajstić information content (AvgIpc) is 2.68. The second-order valence-electron chi connectivity index (χ2n) is 5.74. The lowest BCUT2D eigenvalue weighted by molar-refractivity contribution is 0.0931. The van der Waals surface area contributed by atoms with E-state index in [2.05, 4.69) is 29.5 Å². The summed E-state index contributed by atoms with van der Waals surface area (Å²) >= 11 is 0. The van der Waals surface area contributed by atoms with E-state index in [0.717, 1.165) is 18.7 Å². The summed E-state index contributed by atoms with van der Waals surface area (Å²) in [6, 6.07) is 5.71. The van der Waals surface area contributed by atoms with Crippen LogP contribution in [0.25, 0.3) is 0 Å². The Hall–Kier alpha value is -1.58. The molecule has 4 heteroatoms. The van der Waals surface area contributed by atoms with Crippen molar-refractivity contribution in [3.63, 3.8) is 0 Å². The van der Waals surface area contributed by atoms with Crippen LogP contribution in [0.2, 0.25) is 0 Å².